The Morgan fingerprint density at radius 3 is 1.95 bits per heavy atom. The van der Waals surface area contributed by atoms with Crippen LogP contribution in [0.15, 0.2) is 36.9 Å². The molecule has 0 unspecified atom stereocenters. The van der Waals surface area contributed by atoms with Crippen molar-refractivity contribution in [2.45, 2.75) is 64.7 Å². The van der Waals surface area contributed by atoms with E-state index in [0.29, 0.717) is 0 Å². The maximum atomic E-state index is 3.98. The highest BCUT2D eigenvalue weighted by Gasteiger charge is 2.30. The molecule has 0 radical (unpaired) electrons. The van der Waals surface area contributed by atoms with Crippen LogP contribution in [0.25, 0.3) is 0 Å². The average Bonchev–Trinajstić information content (AvgIpc) is 2.58. The number of allylic oxidation sites excluding steroid dienone is 1. The molecule has 0 amide bonds. The summed E-state index contributed by atoms with van der Waals surface area (Å²) in [6.07, 6.45) is 15.1. The van der Waals surface area contributed by atoms with Crippen LogP contribution in [0, 0.1) is 30.6 Å². The van der Waals surface area contributed by atoms with Gasteiger partial charge in [0, 0.05) is 0 Å². The van der Waals surface area contributed by atoms with E-state index in [1.807, 2.05) is 0 Å². The van der Waals surface area contributed by atoms with Crippen molar-refractivity contribution in [3.8, 4) is 0 Å². The van der Waals surface area contributed by atoms with Crippen molar-refractivity contribution < 1.29 is 0 Å². The molecular weight excluding hydrogens is 264 g/mol. The summed E-state index contributed by atoms with van der Waals surface area (Å²) in [7, 11) is 0. The Morgan fingerprint density at radius 2 is 1.41 bits per heavy atom. The first-order valence-electron chi connectivity index (χ1n) is 9.42. The van der Waals surface area contributed by atoms with Gasteiger partial charge in [0.2, 0.25) is 0 Å². The van der Waals surface area contributed by atoms with Gasteiger partial charge in [-0.05, 0) is 93.9 Å². The molecule has 0 atom stereocenters. The Kier molecular flexibility index (Phi) is 5.39. The van der Waals surface area contributed by atoms with Gasteiger partial charge in [-0.2, -0.15) is 0 Å². The summed E-state index contributed by atoms with van der Waals surface area (Å²) >= 11 is 0. The number of rotatable bonds is 4. The molecule has 1 aromatic rings. The summed E-state index contributed by atoms with van der Waals surface area (Å²) in [6.45, 7) is 6.15. The quantitative estimate of drug-likeness (QED) is 0.569. The maximum Gasteiger partial charge on any atom is -0.0236 e. The largest absolute Gasteiger partial charge is 0.103 e. The van der Waals surface area contributed by atoms with Gasteiger partial charge in [-0.3, -0.25) is 0 Å². The Balaban J connectivity index is 1.44. The number of benzene rings is 1. The Labute approximate surface area is 137 Å². The van der Waals surface area contributed by atoms with Crippen LogP contribution in [0.3, 0.4) is 0 Å². The third kappa shape index (κ3) is 4.03. The molecule has 0 heteroatoms. The zero-order valence-electron chi connectivity index (χ0n) is 14.3. The van der Waals surface area contributed by atoms with Crippen molar-refractivity contribution in [3.05, 3.63) is 48.0 Å². The van der Waals surface area contributed by atoms with Gasteiger partial charge in [0.05, 0.1) is 0 Å². The lowest BCUT2D eigenvalue weighted by Crippen LogP contribution is -2.26. The van der Waals surface area contributed by atoms with Crippen molar-refractivity contribution in [2.75, 3.05) is 0 Å². The highest BCUT2D eigenvalue weighted by Crippen LogP contribution is 2.42. The summed E-state index contributed by atoms with van der Waals surface area (Å²) in [5.74, 6) is 3.80. The van der Waals surface area contributed by atoms with Crippen LogP contribution in [0.1, 0.15) is 62.5 Å². The van der Waals surface area contributed by atoms with Gasteiger partial charge in [-0.1, -0.05) is 35.9 Å². The summed E-state index contributed by atoms with van der Waals surface area (Å²) in [6, 6.07) is 9.19. The SMILES string of the molecule is C=CC1CCC(C2CCC(Cc3ccc(C)cc3)CC2)CC1. The number of aryl methyl sites for hydroxylation is 1. The van der Waals surface area contributed by atoms with Gasteiger partial charge in [-0.15, -0.1) is 6.58 Å². The van der Waals surface area contributed by atoms with Gasteiger partial charge in [0.1, 0.15) is 0 Å². The standard InChI is InChI=1S/C22H32/c1-3-18-8-12-21(13-9-18)22-14-10-20(11-15-22)16-19-6-4-17(2)5-7-19/h3-7,18,20-22H,1,8-16H2,2H3. The second-order valence-corrected chi connectivity index (χ2v) is 7.88. The first-order chi connectivity index (χ1) is 10.7. The van der Waals surface area contributed by atoms with Crippen LogP contribution in [-0.2, 0) is 6.42 Å². The van der Waals surface area contributed by atoms with Crippen LogP contribution in [0.5, 0.6) is 0 Å². The highest BCUT2D eigenvalue weighted by molar-refractivity contribution is 5.21. The van der Waals surface area contributed by atoms with Gasteiger partial charge in [0.15, 0.2) is 0 Å². The maximum absolute atomic E-state index is 3.98. The van der Waals surface area contributed by atoms with Crippen molar-refractivity contribution in [2.24, 2.45) is 23.7 Å². The third-order valence-electron chi connectivity index (χ3n) is 6.35. The topological polar surface area (TPSA) is 0 Å². The van der Waals surface area contributed by atoms with E-state index in [2.05, 4.69) is 43.8 Å². The van der Waals surface area contributed by atoms with E-state index in [-0.39, 0.29) is 0 Å². The fraction of sp³-hybridized carbons (Fsp3) is 0.636. The molecule has 0 N–H and O–H groups in total. The van der Waals surface area contributed by atoms with Gasteiger partial charge in [-0.25, -0.2) is 0 Å². The van der Waals surface area contributed by atoms with Crippen LogP contribution < -0.4 is 0 Å². The monoisotopic (exact) mass is 296 g/mol. The van der Waals surface area contributed by atoms with Crippen molar-refractivity contribution >= 4 is 0 Å². The molecule has 3 rings (SSSR count). The normalized spacial score (nSPS) is 32.6. The lowest BCUT2D eigenvalue weighted by molar-refractivity contribution is 0.155. The fourth-order valence-corrected chi connectivity index (χ4v) is 4.77. The van der Waals surface area contributed by atoms with Gasteiger partial charge < -0.3 is 0 Å². The predicted octanol–water partition coefficient (Wildman–Crippen LogP) is 6.34. The van der Waals surface area contributed by atoms with E-state index in [1.165, 1.54) is 63.4 Å². The van der Waals surface area contributed by atoms with E-state index < -0.39 is 0 Å². The molecule has 1 aromatic carbocycles. The van der Waals surface area contributed by atoms with E-state index in [1.54, 1.807) is 5.56 Å². The minimum atomic E-state index is 0.814. The molecule has 0 spiro atoms. The summed E-state index contributed by atoms with van der Waals surface area (Å²) < 4.78 is 0. The molecule has 0 bridgehead atoms. The van der Waals surface area contributed by atoms with E-state index in [4.69, 9.17) is 0 Å². The highest BCUT2D eigenvalue weighted by atomic mass is 14.4. The average molecular weight is 296 g/mol. The summed E-state index contributed by atoms with van der Waals surface area (Å²) in [4.78, 5) is 0. The molecule has 22 heavy (non-hydrogen) atoms. The summed E-state index contributed by atoms with van der Waals surface area (Å²) in [5, 5.41) is 0. The second-order valence-electron chi connectivity index (χ2n) is 7.88. The summed E-state index contributed by atoms with van der Waals surface area (Å²) in [5.41, 5.74) is 2.92. The van der Waals surface area contributed by atoms with Crippen LogP contribution in [0.2, 0.25) is 0 Å². The molecule has 2 saturated carbocycles. The minimum Gasteiger partial charge on any atom is -0.103 e. The van der Waals surface area contributed by atoms with Gasteiger partial charge in [0.25, 0.3) is 0 Å². The first kappa shape index (κ1) is 15.8. The smallest absolute Gasteiger partial charge is 0.0236 e. The fourth-order valence-electron chi connectivity index (χ4n) is 4.77. The Morgan fingerprint density at radius 1 is 0.864 bits per heavy atom. The molecule has 120 valence electrons. The molecule has 2 fully saturated rings. The zero-order valence-corrected chi connectivity index (χ0v) is 14.3. The molecule has 2 aliphatic carbocycles. The molecule has 0 heterocycles. The number of hydrogen-bond acceptors (Lipinski definition) is 0. The lowest BCUT2D eigenvalue weighted by Gasteiger charge is -2.37. The van der Waals surface area contributed by atoms with Crippen LogP contribution in [0.4, 0.5) is 0 Å². The first-order valence-corrected chi connectivity index (χ1v) is 9.42. The number of hydrogen-bond donors (Lipinski definition) is 0. The van der Waals surface area contributed by atoms with E-state index in [9.17, 15) is 0 Å². The van der Waals surface area contributed by atoms with Crippen LogP contribution in [-0.4, -0.2) is 0 Å². The Hall–Kier alpha value is -1.04. The Bertz CT molecular complexity index is 453. The van der Waals surface area contributed by atoms with Crippen molar-refractivity contribution in [1.29, 1.82) is 0 Å². The van der Waals surface area contributed by atoms with Crippen LogP contribution >= 0.6 is 0 Å². The molecule has 0 aromatic heterocycles. The van der Waals surface area contributed by atoms with Crippen molar-refractivity contribution in [3.63, 3.8) is 0 Å². The van der Waals surface area contributed by atoms with E-state index in [0.717, 1.165) is 23.7 Å². The third-order valence-corrected chi connectivity index (χ3v) is 6.35. The molecular formula is C22H32. The molecule has 2 aliphatic rings. The second kappa shape index (κ2) is 7.49. The molecule has 0 saturated heterocycles. The predicted molar refractivity (Wildman–Crippen MR) is 96.0 cm³/mol. The van der Waals surface area contributed by atoms with Gasteiger partial charge >= 0.3 is 0 Å². The van der Waals surface area contributed by atoms with E-state index >= 15 is 0 Å². The molecule has 0 nitrogen and oxygen atoms in total. The molecule has 0 aliphatic heterocycles. The lowest BCUT2D eigenvalue weighted by atomic mass is 9.68. The van der Waals surface area contributed by atoms with Crippen molar-refractivity contribution in [1.82, 2.24) is 0 Å². The minimum absolute atomic E-state index is 0.814. The zero-order chi connectivity index (χ0) is 15.4.